The van der Waals surface area contributed by atoms with Crippen LogP contribution in [0.25, 0.3) is 0 Å². The van der Waals surface area contributed by atoms with Gasteiger partial charge in [0.1, 0.15) is 11.8 Å². The molecule has 2 fully saturated rings. The molecule has 2 saturated heterocycles. The number of ketones is 1. The van der Waals surface area contributed by atoms with Crippen molar-refractivity contribution in [3.63, 3.8) is 0 Å². The number of nitrogens with zero attached hydrogens (tertiary/aromatic N) is 2. The molecule has 0 radical (unpaired) electrons. The maximum atomic E-state index is 13.1. The molecule has 1 amide bonds. The van der Waals surface area contributed by atoms with Crippen molar-refractivity contribution in [3.8, 4) is 0 Å². The Morgan fingerprint density at radius 1 is 1.32 bits per heavy atom. The number of nitrogens with one attached hydrogen (secondary N) is 1. The molecular weight excluding hydrogens is 394 g/mol. The van der Waals surface area contributed by atoms with Crippen LogP contribution in [0.2, 0.25) is 0 Å². The Balaban J connectivity index is 1.44. The molecule has 3 aliphatic rings. The van der Waals surface area contributed by atoms with Crippen LogP contribution in [0.1, 0.15) is 17.5 Å². The number of oxime groups is 1. The van der Waals surface area contributed by atoms with Crippen molar-refractivity contribution in [1.82, 2.24) is 10.2 Å². The lowest BCUT2D eigenvalue weighted by molar-refractivity contribution is -0.136. The van der Waals surface area contributed by atoms with Crippen molar-refractivity contribution in [2.24, 2.45) is 17.0 Å². The van der Waals surface area contributed by atoms with Crippen LogP contribution in [0.5, 0.6) is 0 Å². The maximum Gasteiger partial charge on any atom is 0.242 e. The quantitative estimate of drug-likeness (QED) is 0.328. The van der Waals surface area contributed by atoms with Crippen LogP contribution in [0.15, 0.2) is 29.4 Å². The SMILES string of the molecule is O=C(CC1Cc2ccccc2C1)C1C(=S)CN[C@@H]1C(=O)N1CSC[C@H]1C=NO. The van der Waals surface area contributed by atoms with Crippen molar-refractivity contribution >= 4 is 46.7 Å². The standard InChI is InChI=1S/C20H23N3O3S2/c24-16(7-12-5-13-3-1-2-4-14(13)6-12)18-17(27)9-21-19(18)20(25)23-11-28-10-15(23)8-22-26/h1-4,8,12,15,18-19,21,26H,5-7,9-11H2/t15-,18?,19+/m1/s1. The van der Waals surface area contributed by atoms with Gasteiger partial charge in [0, 0.05) is 23.6 Å². The lowest BCUT2D eigenvalue weighted by atomic mass is 9.87. The molecule has 2 heterocycles. The molecule has 0 spiro atoms. The Morgan fingerprint density at radius 2 is 2.04 bits per heavy atom. The van der Waals surface area contributed by atoms with Crippen molar-refractivity contribution < 1.29 is 14.8 Å². The van der Waals surface area contributed by atoms with E-state index in [4.69, 9.17) is 17.4 Å². The van der Waals surface area contributed by atoms with E-state index in [1.54, 1.807) is 16.7 Å². The van der Waals surface area contributed by atoms with Gasteiger partial charge in [-0.1, -0.05) is 41.6 Å². The average molecular weight is 418 g/mol. The monoisotopic (exact) mass is 417 g/mol. The molecule has 1 aliphatic carbocycles. The summed E-state index contributed by atoms with van der Waals surface area (Å²) in [7, 11) is 0. The zero-order valence-corrected chi connectivity index (χ0v) is 17.0. The average Bonchev–Trinajstić information content (AvgIpc) is 3.39. The summed E-state index contributed by atoms with van der Waals surface area (Å²) < 4.78 is 0. The molecular formula is C20H23N3O3S2. The van der Waals surface area contributed by atoms with Crippen molar-refractivity contribution in [2.75, 3.05) is 18.2 Å². The first-order valence-electron chi connectivity index (χ1n) is 9.50. The summed E-state index contributed by atoms with van der Waals surface area (Å²) in [4.78, 5) is 28.5. The van der Waals surface area contributed by atoms with Gasteiger partial charge in [0.15, 0.2) is 0 Å². The highest BCUT2D eigenvalue weighted by Crippen LogP contribution is 2.31. The molecule has 28 heavy (non-hydrogen) atoms. The van der Waals surface area contributed by atoms with Gasteiger partial charge >= 0.3 is 0 Å². The number of benzene rings is 1. The molecule has 8 heteroatoms. The fourth-order valence-electron chi connectivity index (χ4n) is 4.49. The smallest absolute Gasteiger partial charge is 0.242 e. The van der Waals surface area contributed by atoms with Gasteiger partial charge in [-0.2, -0.15) is 0 Å². The Bertz CT molecular complexity index is 804. The number of Topliss-reactive ketones (excluding diaryl/α,β-unsaturated/α-hetero) is 1. The normalized spacial score (nSPS) is 27.6. The largest absolute Gasteiger partial charge is 0.411 e. The second-order valence-electron chi connectivity index (χ2n) is 7.66. The number of carbonyl (C=O) groups is 2. The highest BCUT2D eigenvalue weighted by molar-refractivity contribution is 7.99. The van der Waals surface area contributed by atoms with E-state index in [0.29, 0.717) is 29.5 Å². The molecule has 2 N–H and O–H groups in total. The number of thioether (sulfide) groups is 1. The number of rotatable bonds is 5. The molecule has 1 aromatic rings. The van der Waals surface area contributed by atoms with Gasteiger partial charge in [0.25, 0.3) is 0 Å². The van der Waals surface area contributed by atoms with Crippen LogP contribution in [0, 0.1) is 11.8 Å². The summed E-state index contributed by atoms with van der Waals surface area (Å²) in [5.41, 5.74) is 2.64. The lowest BCUT2D eigenvalue weighted by Crippen LogP contribution is -2.50. The molecule has 0 bridgehead atoms. The zero-order valence-electron chi connectivity index (χ0n) is 15.4. The minimum atomic E-state index is -0.614. The lowest BCUT2D eigenvalue weighted by Gasteiger charge is -2.27. The topological polar surface area (TPSA) is 82.0 Å². The first-order chi connectivity index (χ1) is 13.6. The van der Waals surface area contributed by atoms with Crippen LogP contribution in [-0.2, 0) is 22.4 Å². The minimum Gasteiger partial charge on any atom is -0.411 e. The van der Waals surface area contributed by atoms with E-state index in [9.17, 15) is 9.59 Å². The third kappa shape index (κ3) is 3.73. The van der Waals surface area contributed by atoms with Crippen LogP contribution in [-0.4, -0.2) is 63.1 Å². The van der Waals surface area contributed by atoms with E-state index >= 15 is 0 Å². The summed E-state index contributed by atoms with van der Waals surface area (Å²) in [6.45, 7) is 0.410. The molecule has 1 aromatic carbocycles. The summed E-state index contributed by atoms with van der Waals surface area (Å²) in [6, 6.07) is 7.46. The highest BCUT2D eigenvalue weighted by atomic mass is 32.2. The summed E-state index contributed by atoms with van der Waals surface area (Å²) in [6.07, 6.45) is 3.63. The van der Waals surface area contributed by atoms with Gasteiger partial charge in [0.2, 0.25) is 5.91 Å². The Morgan fingerprint density at radius 3 is 2.71 bits per heavy atom. The number of fused-ring (bicyclic) bond motifs is 1. The third-order valence-electron chi connectivity index (χ3n) is 5.86. The van der Waals surface area contributed by atoms with Crippen molar-refractivity contribution in [1.29, 1.82) is 0 Å². The predicted molar refractivity (Wildman–Crippen MR) is 113 cm³/mol. The molecule has 2 aliphatic heterocycles. The zero-order chi connectivity index (χ0) is 19.7. The van der Waals surface area contributed by atoms with E-state index in [2.05, 4.69) is 22.6 Å². The molecule has 1 unspecified atom stereocenters. The number of carbonyl (C=O) groups excluding carboxylic acids is 2. The maximum absolute atomic E-state index is 13.1. The second-order valence-corrected chi connectivity index (χ2v) is 9.18. The number of amides is 1. The molecule has 0 saturated carbocycles. The van der Waals surface area contributed by atoms with Gasteiger partial charge in [-0.25, -0.2) is 0 Å². The first kappa shape index (κ1) is 19.5. The van der Waals surface area contributed by atoms with E-state index in [1.807, 2.05) is 12.1 Å². The summed E-state index contributed by atoms with van der Waals surface area (Å²) in [5, 5.41) is 15.1. The summed E-state index contributed by atoms with van der Waals surface area (Å²) >= 11 is 7.06. The van der Waals surface area contributed by atoms with Crippen LogP contribution >= 0.6 is 24.0 Å². The predicted octanol–water partition coefficient (Wildman–Crippen LogP) is 1.68. The van der Waals surface area contributed by atoms with E-state index in [-0.39, 0.29) is 23.7 Å². The Labute approximate surface area is 173 Å². The molecule has 0 aromatic heterocycles. The van der Waals surface area contributed by atoms with Crippen LogP contribution in [0.4, 0.5) is 0 Å². The molecule has 6 nitrogen and oxygen atoms in total. The van der Waals surface area contributed by atoms with Gasteiger partial charge in [-0.05, 0) is 29.9 Å². The van der Waals surface area contributed by atoms with E-state index in [1.165, 1.54) is 17.3 Å². The Kier molecular flexibility index (Phi) is 5.80. The van der Waals surface area contributed by atoms with Gasteiger partial charge in [-0.15, -0.1) is 11.8 Å². The van der Waals surface area contributed by atoms with Crippen LogP contribution in [0.3, 0.4) is 0 Å². The third-order valence-corrected chi connectivity index (χ3v) is 7.29. The van der Waals surface area contributed by atoms with Gasteiger partial charge in [0.05, 0.1) is 24.1 Å². The van der Waals surface area contributed by atoms with E-state index in [0.717, 1.165) is 12.8 Å². The van der Waals surface area contributed by atoms with E-state index < -0.39 is 12.0 Å². The fourth-order valence-corrected chi connectivity index (χ4v) is 5.97. The molecule has 3 atom stereocenters. The number of hydrogen-bond donors (Lipinski definition) is 2. The minimum absolute atomic E-state index is 0.0605. The van der Waals surface area contributed by atoms with Crippen molar-refractivity contribution in [3.05, 3.63) is 35.4 Å². The number of thiocarbonyl (C=S) groups is 1. The molecule has 4 rings (SSSR count). The highest BCUT2D eigenvalue weighted by Gasteiger charge is 2.45. The van der Waals surface area contributed by atoms with Crippen molar-refractivity contribution in [2.45, 2.75) is 31.3 Å². The van der Waals surface area contributed by atoms with Crippen LogP contribution < -0.4 is 5.32 Å². The van der Waals surface area contributed by atoms with Gasteiger partial charge < -0.3 is 15.4 Å². The Hall–Kier alpha value is -1.77. The second kappa shape index (κ2) is 8.31. The summed E-state index contributed by atoms with van der Waals surface area (Å²) in [5.74, 6) is 0.864. The fraction of sp³-hybridized carbons (Fsp3) is 0.500. The van der Waals surface area contributed by atoms with Gasteiger partial charge in [-0.3, -0.25) is 9.59 Å². The number of hydrogen-bond acceptors (Lipinski definition) is 7. The molecule has 148 valence electrons. The first-order valence-corrected chi connectivity index (χ1v) is 11.1.